The summed E-state index contributed by atoms with van der Waals surface area (Å²) in [6.45, 7) is 0. The summed E-state index contributed by atoms with van der Waals surface area (Å²) in [6, 6.07) is 0. The number of carboxylic acids is 3. The second kappa shape index (κ2) is 16.0. The molecule has 0 aromatic carbocycles. The highest BCUT2D eigenvalue weighted by atomic mass is 127. The molecule has 27 heteroatoms. The van der Waals surface area contributed by atoms with Crippen molar-refractivity contribution in [3.63, 3.8) is 0 Å². The Hall–Kier alpha value is 2.10. The number of rotatable bonds is 6. The maximum atomic E-state index is 15.2. The number of hydrogen-bond donors (Lipinski definition) is 6. The molecule has 6 unspecified atom stereocenters. The van der Waals surface area contributed by atoms with Crippen LogP contribution in [0.4, 0.5) is 0 Å². The Bertz CT molecular complexity index is 2000. The monoisotopic (exact) mass is 1780 g/mol. The van der Waals surface area contributed by atoms with Crippen molar-refractivity contribution in [1.82, 2.24) is 13.7 Å². The summed E-state index contributed by atoms with van der Waals surface area (Å²) in [5.41, 5.74) is 4.12. The molecule has 0 amide bonds. The van der Waals surface area contributed by atoms with E-state index in [2.05, 4.69) is 0 Å². The van der Waals surface area contributed by atoms with Gasteiger partial charge in [-0.3, -0.25) is 0 Å². The fourth-order valence-corrected chi connectivity index (χ4v) is 19.8. The van der Waals surface area contributed by atoms with Crippen LogP contribution in [-0.2, 0) is 31.0 Å². The van der Waals surface area contributed by atoms with Crippen LogP contribution in [0, 0.1) is 0 Å². The molecule has 1 aromatic rings. The predicted octanol–water partition coefficient (Wildman–Crippen LogP) is 5.44. The zero-order valence-electron chi connectivity index (χ0n) is 23.6. The second-order valence-corrected chi connectivity index (χ2v) is 21.8. The Labute approximate surface area is 422 Å². The van der Waals surface area contributed by atoms with E-state index in [0.29, 0.717) is 0 Å². The van der Waals surface area contributed by atoms with E-state index in [4.69, 9.17) is 52.0 Å². The molecular formula is C24H12Cl3I9N6O9. The highest BCUT2D eigenvalue weighted by Crippen LogP contribution is 2.54. The van der Waals surface area contributed by atoms with Crippen molar-refractivity contribution in [2.45, 2.75) is 28.4 Å². The lowest BCUT2D eigenvalue weighted by Crippen LogP contribution is -2.74. The van der Waals surface area contributed by atoms with Gasteiger partial charge in [-0.1, -0.05) is 103 Å². The summed E-state index contributed by atoms with van der Waals surface area (Å²) < 4.78 is -4.86. The standard InChI is InChI=1S/C24H12Cl3I9N6O9/c25-1-4(28)7(37)13(34)22(10(1)31,16(43)44)40-19(49)41(23(17(45)46)11(32)2(26)5(29)8(38)14(23)35)21(51)42(20(40)50)24(18(47)48)12(33)3(27)6(30)9(39)15(24)36/h10-12H,37-39H2,(H,43,44)(H,45,46)(H,47,48). The van der Waals surface area contributed by atoms with Crippen LogP contribution in [-0.4, -0.2) is 58.7 Å². The third kappa shape index (κ3) is 6.13. The summed E-state index contributed by atoms with van der Waals surface area (Å²) in [4.78, 5) is 86.6. The largest absolute Gasteiger partial charge is 0.479 e. The van der Waals surface area contributed by atoms with Crippen LogP contribution in [0.15, 0.2) is 68.1 Å². The lowest BCUT2D eigenvalue weighted by Gasteiger charge is -2.44. The molecule has 15 nitrogen and oxygen atoms in total. The Morgan fingerprint density at radius 1 is 0.510 bits per heavy atom. The normalized spacial score (nSPS) is 30.5. The Balaban J connectivity index is 2.56. The lowest BCUT2D eigenvalue weighted by molar-refractivity contribution is -0.145. The summed E-state index contributed by atoms with van der Waals surface area (Å²) >= 11 is 34.4. The van der Waals surface area contributed by atoms with E-state index >= 15 is 14.4 Å². The molecule has 6 atom stereocenters. The molecule has 0 saturated carbocycles. The van der Waals surface area contributed by atoms with Gasteiger partial charge < -0.3 is 32.5 Å². The van der Waals surface area contributed by atoms with Gasteiger partial charge in [0.15, 0.2) is 0 Å². The first kappa shape index (κ1) is 45.8. The number of aliphatic carboxylic acids is 3. The molecule has 0 aliphatic heterocycles. The van der Waals surface area contributed by atoms with Crippen molar-refractivity contribution < 1.29 is 29.7 Å². The Morgan fingerprint density at radius 3 is 0.843 bits per heavy atom. The van der Waals surface area contributed by atoms with Crippen LogP contribution < -0.4 is 34.3 Å². The molecule has 3 aliphatic carbocycles. The van der Waals surface area contributed by atoms with Gasteiger partial charge in [0, 0.05) is 15.1 Å². The van der Waals surface area contributed by atoms with Gasteiger partial charge in [0.05, 0.1) is 50.3 Å². The number of aromatic nitrogens is 3. The molecule has 0 radical (unpaired) electrons. The van der Waals surface area contributed by atoms with E-state index in [1.165, 1.54) is 67.8 Å². The first-order valence-electron chi connectivity index (χ1n) is 12.6. The van der Waals surface area contributed by atoms with Crippen molar-refractivity contribution in [3.8, 4) is 0 Å². The average Bonchev–Trinajstić information content (AvgIpc) is 3.06. The van der Waals surface area contributed by atoms with Crippen LogP contribution in [0.3, 0.4) is 0 Å². The van der Waals surface area contributed by atoms with Crippen molar-refractivity contribution >= 4 is 256 Å². The zero-order chi connectivity index (χ0) is 39.4. The van der Waals surface area contributed by atoms with Gasteiger partial charge in [0.2, 0.25) is 16.6 Å². The van der Waals surface area contributed by atoms with Crippen LogP contribution in [0.25, 0.3) is 0 Å². The second-order valence-electron chi connectivity index (χ2n) is 10.3. The van der Waals surface area contributed by atoms with Gasteiger partial charge in [-0.2, -0.15) is 0 Å². The number of allylic oxidation sites excluding steroid dienone is 6. The van der Waals surface area contributed by atoms with E-state index in [-0.39, 0.29) is 67.4 Å². The van der Waals surface area contributed by atoms with Crippen molar-refractivity contribution in [2.75, 3.05) is 0 Å². The number of nitrogens with zero attached hydrogens (tertiary/aromatic N) is 3. The zero-order valence-corrected chi connectivity index (χ0v) is 45.3. The van der Waals surface area contributed by atoms with E-state index in [0.717, 1.165) is 0 Å². The lowest BCUT2D eigenvalue weighted by atomic mass is 9.87. The minimum atomic E-state index is -2.91. The van der Waals surface area contributed by atoms with E-state index in [1.807, 2.05) is 0 Å². The molecule has 0 bridgehead atoms. The summed E-state index contributed by atoms with van der Waals surface area (Å²) in [5, 5.41) is 32.6. The molecule has 276 valence electrons. The number of alkyl halides is 3. The van der Waals surface area contributed by atoms with E-state index in [9.17, 15) is 29.7 Å². The average molecular weight is 1780 g/mol. The van der Waals surface area contributed by atoms with Gasteiger partial charge in [0.25, 0.3) is 0 Å². The number of hydrogen-bond acceptors (Lipinski definition) is 9. The summed E-state index contributed by atoms with van der Waals surface area (Å²) in [6.07, 6.45) is 0. The number of halogens is 12. The van der Waals surface area contributed by atoms with Gasteiger partial charge in [-0.05, 0) is 136 Å². The molecule has 1 aromatic heterocycles. The minimum absolute atomic E-state index is 0.0879. The molecule has 3 aliphatic rings. The fourth-order valence-electron chi connectivity index (χ4n) is 5.49. The van der Waals surface area contributed by atoms with Crippen molar-refractivity contribution in [3.05, 3.63) is 85.1 Å². The molecule has 51 heavy (non-hydrogen) atoms. The first-order chi connectivity index (χ1) is 23.3. The number of carbonyl (C=O) groups is 3. The Morgan fingerprint density at radius 2 is 0.686 bits per heavy atom. The SMILES string of the molecule is NC1=C(I)C(C(=O)O)(n2c(=O)n(C3(C(=O)O)C(I)=C(N)C(I)=C(Cl)C3I)c(=O)n(C3(C(=O)O)C(I)=C(N)C(I)=C(Cl)C3I)c2=O)C(I)C(Cl)=C1I. The quantitative estimate of drug-likeness (QED) is 0.154. The number of nitrogens with two attached hydrogens (primary N) is 3. The molecular weight excluding hydrogens is 1760 g/mol. The predicted molar refractivity (Wildman–Crippen MR) is 266 cm³/mol. The summed E-state index contributed by atoms with van der Waals surface area (Å²) in [7, 11) is 0. The molecule has 9 N–H and O–H groups in total. The van der Waals surface area contributed by atoms with Crippen molar-refractivity contribution in [1.29, 1.82) is 0 Å². The molecule has 1 heterocycles. The summed E-state index contributed by atoms with van der Waals surface area (Å²) in [5.74, 6) is -5.67. The fraction of sp³-hybridized carbons (Fsp3) is 0.250. The highest BCUT2D eigenvalue weighted by molar-refractivity contribution is 14.1. The highest BCUT2D eigenvalue weighted by Gasteiger charge is 2.64. The molecule has 0 fully saturated rings. The Kier molecular flexibility index (Phi) is 14.4. The van der Waals surface area contributed by atoms with Gasteiger partial charge in [-0.15, -0.1) is 0 Å². The minimum Gasteiger partial charge on any atom is -0.479 e. The van der Waals surface area contributed by atoms with Crippen molar-refractivity contribution in [2.24, 2.45) is 17.2 Å². The maximum Gasteiger partial charge on any atom is 0.339 e. The van der Waals surface area contributed by atoms with Gasteiger partial charge >= 0.3 is 35.0 Å². The molecule has 4 rings (SSSR count). The van der Waals surface area contributed by atoms with Crippen LogP contribution in [0.5, 0.6) is 0 Å². The molecule has 0 spiro atoms. The third-order valence-corrected chi connectivity index (χ3v) is 23.6. The van der Waals surface area contributed by atoms with E-state index < -0.39 is 63.4 Å². The van der Waals surface area contributed by atoms with Crippen LogP contribution >= 0.6 is 238 Å². The van der Waals surface area contributed by atoms with Gasteiger partial charge in [-0.25, -0.2) is 42.5 Å². The smallest absolute Gasteiger partial charge is 0.339 e. The third-order valence-electron chi connectivity index (χ3n) is 8.00. The maximum absolute atomic E-state index is 15.2. The molecule has 0 saturated heterocycles. The van der Waals surface area contributed by atoms with Crippen LogP contribution in [0.2, 0.25) is 0 Å². The van der Waals surface area contributed by atoms with E-state index in [1.54, 1.807) is 136 Å². The first-order valence-corrected chi connectivity index (χ1v) is 24.0. The number of carboxylic acid groups (broad SMARTS) is 3. The van der Waals surface area contributed by atoms with Gasteiger partial charge in [0.1, 0.15) is 0 Å². The topological polar surface area (TPSA) is 256 Å². The van der Waals surface area contributed by atoms with Crippen LogP contribution in [0.1, 0.15) is 0 Å².